The summed E-state index contributed by atoms with van der Waals surface area (Å²) in [5, 5.41) is 0. The number of hydrogen-bond donors (Lipinski definition) is 0. The van der Waals surface area contributed by atoms with Crippen LogP contribution in [0.3, 0.4) is 0 Å². The maximum absolute atomic E-state index is 13.6. The number of carbonyl (C=O) groups is 2. The highest BCUT2D eigenvalue weighted by atomic mass is 32.2. The van der Waals surface area contributed by atoms with E-state index in [-0.39, 0.29) is 52.6 Å². The first-order valence-electron chi connectivity index (χ1n) is 10.6. The van der Waals surface area contributed by atoms with E-state index >= 15 is 0 Å². The molecule has 38 heavy (non-hydrogen) atoms. The van der Waals surface area contributed by atoms with Crippen LogP contribution < -0.4 is 0 Å². The predicted octanol–water partition coefficient (Wildman–Crippen LogP) is 0.0314. The van der Waals surface area contributed by atoms with Gasteiger partial charge in [0.15, 0.2) is 0 Å². The van der Waals surface area contributed by atoms with Gasteiger partial charge in [-0.25, -0.2) is 8.61 Å². The Labute approximate surface area is 214 Å². The second kappa shape index (κ2) is 11.9. The maximum Gasteiger partial charge on any atom is 0.516 e. The standard InChI is InChI=1S/C18H24F6N4O8S2/c1-3-13(25-5-9-35-10-6-25)27(37(31,32)17(19,20)21)15(29)16(30)28(38(33,34)18(22,23)24)14(4-2)26-7-11-36-12-8-26/h3-4,13-14H,1-2,5-12H2. The molecule has 0 aliphatic carbocycles. The van der Waals surface area contributed by atoms with E-state index in [0.717, 1.165) is 9.80 Å². The van der Waals surface area contributed by atoms with Gasteiger partial charge >= 0.3 is 42.9 Å². The Hall–Kier alpha value is -2.26. The topological polar surface area (TPSA) is 134 Å². The monoisotopic (exact) mass is 602 g/mol. The third-order valence-corrected chi connectivity index (χ3v) is 8.40. The Balaban J connectivity index is 2.71. The fourth-order valence-electron chi connectivity index (χ4n) is 3.62. The highest BCUT2D eigenvalue weighted by molar-refractivity contribution is 7.91. The van der Waals surface area contributed by atoms with Crippen molar-refractivity contribution >= 4 is 31.9 Å². The van der Waals surface area contributed by atoms with Gasteiger partial charge in [0.1, 0.15) is 12.3 Å². The summed E-state index contributed by atoms with van der Waals surface area (Å²) in [4.78, 5) is 28.1. The summed E-state index contributed by atoms with van der Waals surface area (Å²) in [6.45, 7) is 4.72. The number of alkyl halides is 6. The van der Waals surface area contributed by atoms with Gasteiger partial charge in [0.05, 0.1) is 26.4 Å². The van der Waals surface area contributed by atoms with Crippen molar-refractivity contribution in [1.82, 2.24) is 18.4 Å². The van der Waals surface area contributed by atoms with Crippen LogP contribution in [0.1, 0.15) is 0 Å². The number of morpholine rings is 2. The SMILES string of the molecule is C=CC(N1CCOCC1)N(C(=O)C(=O)N(C(C=C)N1CCOCC1)S(=O)(=O)C(F)(F)F)S(=O)(=O)C(F)(F)F. The van der Waals surface area contributed by atoms with Crippen molar-refractivity contribution in [2.75, 3.05) is 52.6 Å². The van der Waals surface area contributed by atoms with Crippen molar-refractivity contribution in [3.63, 3.8) is 0 Å². The van der Waals surface area contributed by atoms with Crippen LogP contribution in [0, 0.1) is 0 Å². The van der Waals surface area contributed by atoms with Crippen molar-refractivity contribution in [2.45, 2.75) is 23.3 Å². The lowest BCUT2D eigenvalue weighted by Crippen LogP contribution is -2.64. The molecule has 0 aromatic heterocycles. The van der Waals surface area contributed by atoms with E-state index in [1.165, 1.54) is 0 Å². The first kappa shape index (κ1) is 32.0. The van der Waals surface area contributed by atoms with Crippen molar-refractivity contribution in [3.8, 4) is 0 Å². The van der Waals surface area contributed by atoms with Gasteiger partial charge in [0, 0.05) is 26.2 Å². The molecule has 0 aromatic rings. The minimum atomic E-state index is -6.77. The van der Waals surface area contributed by atoms with Gasteiger partial charge < -0.3 is 9.47 Å². The Bertz CT molecular complexity index is 1030. The van der Waals surface area contributed by atoms with Gasteiger partial charge in [-0.15, -0.1) is 0 Å². The van der Waals surface area contributed by atoms with Crippen molar-refractivity contribution < 1.29 is 62.2 Å². The van der Waals surface area contributed by atoms with E-state index < -0.39 is 63.8 Å². The largest absolute Gasteiger partial charge is 0.516 e. The van der Waals surface area contributed by atoms with Crippen LogP contribution in [0.4, 0.5) is 26.3 Å². The Morgan fingerprint density at radius 3 is 1.16 bits per heavy atom. The van der Waals surface area contributed by atoms with Crippen LogP contribution in [0.25, 0.3) is 0 Å². The molecule has 2 aliphatic rings. The molecule has 2 unspecified atom stereocenters. The van der Waals surface area contributed by atoms with Crippen molar-refractivity contribution in [3.05, 3.63) is 25.3 Å². The normalized spacial score (nSPS) is 20.3. The molecule has 0 radical (unpaired) electrons. The number of amides is 2. The predicted molar refractivity (Wildman–Crippen MR) is 116 cm³/mol. The van der Waals surface area contributed by atoms with Crippen molar-refractivity contribution in [1.29, 1.82) is 0 Å². The zero-order chi connectivity index (χ0) is 29.1. The van der Waals surface area contributed by atoms with Crippen LogP contribution in [0.15, 0.2) is 25.3 Å². The molecule has 0 N–H and O–H groups in total. The molecule has 0 bridgehead atoms. The van der Waals surface area contributed by atoms with Gasteiger partial charge in [-0.05, 0) is 0 Å². The number of carbonyl (C=O) groups excluding carboxylic acids is 2. The van der Waals surface area contributed by atoms with Gasteiger partial charge in [0.25, 0.3) is 0 Å². The quantitative estimate of drug-likeness (QED) is 0.213. The number of sulfonamides is 2. The van der Waals surface area contributed by atoms with E-state index in [0.29, 0.717) is 12.2 Å². The fraction of sp³-hybridized carbons (Fsp3) is 0.667. The molecule has 20 heteroatoms. The lowest BCUT2D eigenvalue weighted by atomic mass is 10.3. The molecular weight excluding hydrogens is 578 g/mol. The molecular formula is C18H24F6N4O8S2. The summed E-state index contributed by atoms with van der Waals surface area (Å²) >= 11 is 0. The van der Waals surface area contributed by atoms with Crippen molar-refractivity contribution in [2.24, 2.45) is 0 Å². The minimum Gasteiger partial charge on any atom is -0.379 e. The Morgan fingerprint density at radius 1 is 0.684 bits per heavy atom. The molecule has 0 spiro atoms. The molecule has 2 heterocycles. The zero-order valence-electron chi connectivity index (χ0n) is 19.5. The van der Waals surface area contributed by atoms with E-state index in [2.05, 4.69) is 13.2 Å². The van der Waals surface area contributed by atoms with Gasteiger partial charge in [-0.1, -0.05) is 25.3 Å². The van der Waals surface area contributed by atoms with E-state index in [1.54, 1.807) is 0 Å². The summed E-state index contributed by atoms with van der Waals surface area (Å²) in [5.41, 5.74) is -12.4. The highest BCUT2D eigenvalue weighted by Crippen LogP contribution is 2.33. The summed E-state index contributed by atoms with van der Waals surface area (Å²) in [6.07, 6.45) is -3.39. The van der Waals surface area contributed by atoms with Crippen LogP contribution in [-0.4, -0.2) is 123 Å². The maximum atomic E-state index is 13.6. The summed E-state index contributed by atoms with van der Waals surface area (Å²) in [5.74, 6) is -5.43. The molecule has 2 atom stereocenters. The lowest BCUT2D eigenvalue weighted by Gasteiger charge is -2.41. The molecule has 2 amide bonds. The van der Waals surface area contributed by atoms with Crippen LogP contribution in [0.5, 0.6) is 0 Å². The number of nitrogens with zero attached hydrogens (tertiary/aromatic N) is 4. The van der Waals surface area contributed by atoms with Crippen LogP contribution >= 0.6 is 0 Å². The molecule has 218 valence electrons. The summed E-state index contributed by atoms with van der Waals surface area (Å²) in [6, 6.07) is 0. The average molecular weight is 603 g/mol. The number of ether oxygens (including phenoxy) is 2. The Morgan fingerprint density at radius 2 is 0.947 bits per heavy atom. The lowest BCUT2D eigenvalue weighted by molar-refractivity contribution is -0.152. The third kappa shape index (κ3) is 6.30. The zero-order valence-corrected chi connectivity index (χ0v) is 21.2. The van der Waals surface area contributed by atoms with E-state index in [9.17, 15) is 52.8 Å². The van der Waals surface area contributed by atoms with E-state index in [4.69, 9.17) is 9.47 Å². The molecule has 2 saturated heterocycles. The molecule has 2 rings (SSSR count). The summed E-state index contributed by atoms with van der Waals surface area (Å²) < 4.78 is 139. The van der Waals surface area contributed by atoms with Gasteiger partial charge in [-0.3, -0.25) is 19.4 Å². The fourth-order valence-corrected chi connectivity index (χ4v) is 5.67. The Kier molecular flexibility index (Phi) is 9.98. The molecule has 0 aromatic carbocycles. The smallest absolute Gasteiger partial charge is 0.379 e. The minimum absolute atomic E-state index is 0.142. The first-order chi connectivity index (χ1) is 17.4. The number of hydrogen-bond acceptors (Lipinski definition) is 10. The van der Waals surface area contributed by atoms with Crippen LogP contribution in [0.2, 0.25) is 0 Å². The van der Waals surface area contributed by atoms with E-state index in [1.807, 2.05) is 0 Å². The average Bonchev–Trinajstić information content (AvgIpc) is 2.84. The first-order valence-corrected chi connectivity index (χ1v) is 13.5. The number of rotatable bonds is 8. The summed E-state index contributed by atoms with van der Waals surface area (Å²) in [7, 11) is -13.5. The number of halogens is 6. The second-order valence-electron chi connectivity index (χ2n) is 7.70. The van der Waals surface area contributed by atoms with Gasteiger partial charge in [-0.2, -0.15) is 43.2 Å². The van der Waals surface area contributed by atoms with Crippen LogP contribution in [-0.2, 0) is 39.1 Å². The van der Waals surface area contributed by atoms with Gasteiger partial charge in [0.2, 0.25) is 0 Å². The molecule has 12 nitrogen and oxygen atoms in total. The molecule has 2 aliphatic heterocycles. The third-order valence-electron chi connectivity index (χ3n) is 5.43. The second-order valence-corrected chi connectivity index (χ2v) is 11.3. The molecule has 0 saturated carbocycles. The highest BCUT2D eigenvalue weighted by Gasteiger charge is 2.60. The molecule has 2 fully saturated rings.